The highest BCUT2D eigenvalue weighted by Gasteiger charge is 1.92. The third-order valence-electron chi connectivity index (χ3n) is 2.74. The molecule has 0 bridgehead atoms. The van der Waals surface area contributed by atoms with Gasteiger partial charge in [-0.3, -0.25) is 4.79 Å². The van der Waals surface area contributed by atoms with Crippen LogP contribution in [0, 0.1) is 11.8 Å². The third kappa shape index (κ3) is 16.8. The van der Waals surface area contributed by atoms with E-state index in [4.69, 9.17) is 4.74 Å². The normalized spacial score (nSPS) is 10.2. The Bertz CT molecular complexity index is 294. The minimum absolute atomic E-state index is 0.183. The van der Waals surface area contributed by atoms with Gasteiger partial charge in [0.15, 0.2) is 0 Å². The lowest BCUT2D eigenvalue weighted by Crippen LogP contribution is -1.99. The highest BCUT2D eigenvalue weighted by atomic mass is 16.5. The molecule has 0 unspecified atom stereocenters. The lowest BCUT2D eigenvalue weighted by atomic mass is 10.1. The molecule has 0 radical (unpaired) electrons. The first-order valence-electron chi connectivity index (χ1n) is 7.51. The summed E-state index contributed by atoms with van der Waals surface area (Å²) in [4.78, 5) is 10.5. The van der Waals surface area contributed by atoms with E-state index in [0.717, 1.165) is 32.1 Å². The Balaban J connectivity index is 3.21. The van der Waals surface area contributed by atoms with Gasteiger partial charge in [0, 0.05) is 19.8 Å². The van der Waals surface area contributed by atoms with Crippen LogP contribution in [0.4, 0.5) is 0 Å². The van der Waals surface area contributed by atoms with Gasteiger partial charge >= 0.3 is 5.97 Å². The molecule has 2 nitrogen and oxygen atoms in total. The summed E-state index contributed by atoms with van der Waals surface area (Å²) in [5.74, 6) is 6.19. The molecule has 0 amide bonds. The SMILES string of the molecule is CCCC/C=C/CC#CCCCCCCOC(C)=O. The van der Waals surface area contributed by atoms with Crippen molar-refractivity contribution in [1.82, 2.24) is 0 Å². The molecular formula is C17H28O2. The van der Waals surface area contributed by atoms with Gasteiger partial charge in [0.2, 0.25) is 0 Å². The van der Waals surface area contributed by atoms with Gasteiger partial charge in [0.25, 0.3) is 0 Å². The fourth-order valence-corrected chi connectivity index (χ4v) is 1.63. The van der Waals surface area contributed by atoms with Gasteiger partial charge < -0.3 is 4.74 Å². The molecule has 0 aromatic carbocycles. The van der Waals surface area contributed by atoms with Crippen molar-refractivity contribution < 1.29 is 9.53 Å². The molecule has 0 aliphatic heterocycles. The quantitative estimate of drug-likeness (QED) is 0.249. The molecule has 0 spiro atoms. The third-order valence-corrected chi connectivity index (χ3v) is 2.74. The molecule has 0 saturated carbocycles. The summed E-state index contributed by atoms with van der Waals surface area (Å²) < 4.78 is 4.87. The van der Waals surface area contributed by atoms with Crippen molar-refractivity contribution in [3.05, 3.63) is 12.2 Å². The molecule has 0 aliphatic rings. The first kappa shape index (κ1) is 17.8. The van der Waals surface area contributed by atoms with E-state index >= 15 is 0 Å². The molecule has 0 rings (SSSR count). The largest absolute Gasteiger partial charge is 0.466 e. The molecule has 0 aromatic heterocycles. The number of hydrogen-bond acceptors (Lipinski definition) is 2. The number of esters is 1. The van der Waals surface area contributed by atoms with Crippen molar-refractivity contribution in [1.29, 1.82) is 0 Å². The zero-order valence-corrected chi connectivity index (χ0v) is 12.5. The molecule has 0 atom stereocenters. The number of carbonyl (C=O) groups is 1. The van der Waals surface area contributed by atoms with Gasteiger partial charge in [0.05, 0.1) is 6.61 Å². The molecule has 0 aromatic rings. The molecule has 2 heteroatoms. The summed E-state index contributed by atoms with van der Waals surface area (Å²) in [6, 6.07) is 0. The van der Waals surface area contributed by atoms with Crippen molar-refractivity contribution in [3.63, 3.8) is 0 Å². The summed E-state index contributed by atoms with van der Waals surface area (Å²) in [7, 11) is 0. The number of ether oxygens (including phenoxy) is 1. The van der Waals surface area contributed by atoms with Gasteiger partial charge in [0.1, 0.15) is 0 Å². The Kier molecular flexibility index (Phi) is 13.9. The maximum absolute atomic E-state index is 10.5. The van der Waals surface area contributed by atoms with E-state index in [1.807, 2.05) is 0 Å². The van der Waals surface area contributed by atoms with Gasteiger partial charge in [-0.15, -0.1) is 5.92 Å². The minimum atomic E-state index is -0.183. The Morgan fingerprint density at radius 3 is 2.58 bits per heavy atom. The Hall–Kier alpha value is -1.23. The number of allylic oxidation sites excluding steroid dienone is 2. The molecule has 19 heavy (non-hydrogen) atoms. The second-order valence-corrected chi connectivity index (χ2v) is 4.68. The van der Waals surface area contributed by atoms with Crippen LogP contribution in [0.15, 0.2) is 12.2 Å². The van der Waals surface area contributed by atoms with E-state index in [1.165, 1.54) is 32.6 Å². The van der Waals surface area contributed by atoms with Crippen LogP contribution >= 0.6 is 0 Å². The van der Waals surface area contributed by atoms with E-state index < -0.39 is 0 Å². The summed E-state index contributed by atoms with van der Waals surface area (Å²) in [6.07, 6.45) is 14.4. The highest BCUT2D eigenvalue weighted by Crippen LogP contribution is 2.02. The number of carbonyl (C=O) groups excluding carboxylic acids is 1. The number of hydrogen-bond donors (Lipinski definition) is 0. The van der Waals surface area contributed by atoms with Crippen molar-refractivity contribution in [2.45, 2.75) is 71.6 Å². The van der Waals surface area contributed by atoms with Crippen LogP contribution < -0.4 is 0 Å². The van der Waals surface area contributed by atoms with E-state index in [1.54, 1.807) is 0 Å². The minimum Gasteiger partial charge on any atom is -0.466 e. The summed E-state index contributed by atoms with van der Waals surface area (Å²) in [6.45, 7) is 4.22. The fourth-order valence-electron chi connectivity index (χ4n) is 1.63. The maximum Gasteiger partial charge on any atom is 0.302 e. The van der Waals surface area contributed by atoms with E-state index in [-0.39, 0.29) is 5.97 Å². The lowest BCUT2D eigenvalue weighted by Gasteiger charge is -2.00. The second-order valence-electron chi connectivity index (χ2n) is 4.68. The van der Waals surface area contributed by atoms with Crippen LogP contribution in [0.3, 0.4) is 0 Å². The standard InChI is InChI=1S/C17H28O2/c1-3-4-5-6-7-8-9-10-11-12-13-14-15-16-19-17(2)18/h6-7H,3-5,8,11-16H2,1-2H3/b7-6+. The first-order valence-corrected chi connectivity index (χ1v) is 7.51. The van der Waals surface area contributed by atoms with E-state index in [9.17, 15) is 4.79 Å². The summed E-state index contributed by atoms with van der Waals surface area (Å²) in [5.41, 5.74) is 0. The van der Waals surface area contributed by atoms with Crippen molar-refractivity contribution in [3.8, 4) is 11.8 Å². The molecule has 0 saturated heterocycles. The van der Waals surface area contributed by atoms with Crippen LogP contribution in [0.1, 0.15) is 71.6 Å². The maximum atomic E-state index is 10.5. The molecule has 0 aliphatic carbocycles. The Labute approximate surface area is 118 Å². The topological polar surface area (TPSA) is 26.3 Å². The van der Waals surface area contributed by atoms with Crippen molar-refractivity contribution in [2.75, 3.05) is 6.61 Å². The van der Waals surface area contributed by atoms with Crippen molar-refractivity contribution in [2.24, 2.45) is 0 Å². The molecule has 0 N–H and O–H groups in total. The van der Waals surface area contributed by atoms with Gasteiger partial charge in [-0.25, -0.2) is 0 Å². The van der Waals surface area contributed by atoms with Gasteiger partial charge in [-0.1, -0.05) is 50.7 Å². The van der Waals surface area contributed by atoms with Crippen LogP contribution in [-0.4, -0.2) is 12.6 Å². The predicted molar refractivity (Wildman–Crippen MR) is 80.8 cm³/mol. The zero-order valence-electron chi connectivity index (χ0n) is 12.5. The van der Waals surface area contributed by atoms with Crippen LogP contribution in [0.2, 0.25) is 0 Å². The van der Waals surface area contributed by atoms with Gasteiger partial charge in [-0.05, 0) is 19.3 Å². The van der Waals surface area contributed by atoms with Crippen LogP contribution in [0.5, 0.6) is 0 Å². The average Bonchev–Trinajstić information content (AvgIpc) is 2.39. The summed E-state index contributed by atoms with van der Waals surface area (Å²) >= 11 is 0. The summed E-state index contributed by atoms with van der Waals surface area (Å²) in [5, 5.41) is 0. The average molecular weight is 264 g/mol. The Morgan fingerprint density at radius 1 is 1.05 bits per heavy atom. The monoisotopic (exact) mass is 264 g/mol. The van der Waals surface area contributed by atoms with Crippen molar-refractivity contribution >= 4 is 5.97 Å². The second kappa shape index (κ2) is 14.8. The fraction of sp³-hybridized carbons (Fsp3) is 0.706. The lowest BCUT2D eigenvalue weighted by molar-refractivity contribution is -0.141. The predicted octanol–water partition coefficient (Wildman–Crippen LogP) is 4.64. The van der Waals surface area contributed by atoms with Crippen LogP contribution in [-0.2, 0) is 9.53 Å². The molecule has 108 valence electrons. The van der Waals surface area contributed by atoms with E-state index in [0.29, 0.717) is 6.61 Å². The molecular weight excluding hydrogens is 236 g/mol. The highest BCUT2D eigenvalue weighted by molar-refractivity contribution is 5.65. The van der Waals surface area contributed by atoms with E-state index in [2.05, 4.69) is 30.9 Å². The Morgan fingerprint density at radius 2 is 1.84 bits per heavy atom. The molecule has 0 heterocycles. The first-order chi connectivity index (χ1) is 9.27. The zero-order chi connectivity index (χ0) is 14.2. The van der Waals surface area contributed by atoms with Gasteiger partial charge in [-0.2, -0.15) is 0 Å². The smallest absolute Gasteiger partial charge is 0.302 e. The number of unbranched alkanes of at least 4 members (excludes halogenated alkanes) is 6. The molecule has 0 fully saturated rings. The van der Waals surface area contributed by atoms with Crippen LogP contribution in [0.25, 0.3) is 0 Å². The number of rotatable bonds is 10.